The molecule has 1 N–H and O–H groups in total. The van der Waals surface area contributed by atoms with E-state index >= 15 is 0 Å². The molecule has 1 aliphatic heterocycles. The second-order valence-corrected chi connectivity index (χ2v) is 9.24. The number of thiophene rings is 1. The van der Waals surface area contributed by atoms with Crippen LogP contribution in [0.4, 0.5) is 19.0 Å². The Kier molecular flexibility index (Phi) is 6.90. The zero-order valence-electron chi connectivity index (χ0n) is 19.1. The number of fused-ring (bicyclic) bond motifs is 1. The average Bonchev–Trinajstić information content (AvgIpc) is 3.23. The summed E-state index contributed by atoms with van der Waals surface area (Å²) in [5.41, 5.74) is 1.76. The van der Waals surface area contributed by atoms with Crippen molar-refractivity contribution < 1.29 is 22.7 Å². The maximum absolute atomic E-state index is 13.1. The predicted molar refractivity (Wildman–Crippen MR) is 127 cm³/mol. The monoisotopic (exact) mass is 490 g/mol. The minimum absolute atomic E-state index is 0.0364. The fourth-order valence-corrected chi connectivity index (χ4v) is 5.03. The highest BCUT2D eigenvalue weighted by atomic mass is 32.1. The molecule has 0 aliphatic carbocycles. The highest BCUT2D eigenvalue weighted by Gasteiger charge is 2.30. The Labute approximate surface area is 199 Å². The normalized spacial score (nSPS) is 15.4. The van der Waals surface area contributed by atoms with Crippen molar-refractivity contribution >= 4 is 38.9 Å². The zero-order valence-corrected chi connectivity index (χ0v) is 19.9. The number of nitrogens with one attached hydrogen (secondary N) is 1. The first-order valence-electron chi connectivity index (χ1n) is 10.8. The molecule has 180 valence electrons. The molecule has 3 heterocycles. The standard InChI is InChI=1S/C24H25F3N4O2S/c1-14(17-5-4-6-18(11-17)24(25,26)27)28-23-22-19(29-15(2)30-23)12-20(34-22)16-7-9-31(10-8-16)21(32)13-33-3/h4-7,11-12,14H,8-10,13H2,1-3H3,(H,28,29,30). The van der Waals surface area contributed by atoms with Crippen LogP contribution in [0.25, 0.3) is 15.8 Å². The Balaban J connectivity index is 1.59. The fraction of sp³-hybridized carbons (Fsp3) is 0.375. The number of amides is 1. The molecule has 0 saturated carbocycles. The topological polar surface area (TPSA) is 67.3 Å². The van der Waals surface area contributed by atoms with Gasteiger partial charge in [-0.25, -0.2) is 9.97 Å². The number of nitrogens with zero attached hydrogens (tertiary/aromatic N) is 3. The van der Waals surface area contributed by atoms with Crippen LogP contribution in [-0.2, 0) is 15.7 Å². The lowest BCUT2D eigenvalue weighted by Gasteiger charge is -2.25. The summed E-state index contributed by atoms with van der Waals surface area (Å²) >= 11 is 1.54. The van der Waals surface area contributed by atoms with Crippen molar-refractivity contribution in [2.75, 3.05) is 32.1 Å². The first kappa shape index (κ1) is 24.2. The quantitative estimate of drug-likeness (QED) is 0.498. The molecular weight excluding hydrogens is 465 g/mol. The smallest absolute Gasteiger partial charge is 0.375 e. The first-order valence-corrected chi connectivity index (χ1v) is 11.7. The van der Waals surface area contributed by atoms with Crippen molar-refractivity contribution in [2.45, 2.75) is 32.5 Å². The van der Waals surface area contributed by atoms with Gasteiger partial charge in [-0.05, 0) is 49.6 Å². The lowest BCUT2D eigenvalue weighted by atomic mass is 10.0. The number of carbonyl (C=O) groups excluding carboxylic acids is 1. The molecule has 34 heavy (non-hydrogen) atoms. The average molecular weight is 491 g/mol. The van der Waals surface area contributed by atoms with E-state index in [1.807, 2.05) is 19.1 Å². The van der Waals surface area contributed by atoms with Crippen LogP contribution < -0.4 is 5.32 Å². The Hall–Kier alpha value is -2.98. The number of carbonyl (C=O) groups is 1. The molecule has 6 nitrogen and oxygen atoms in total. The summed E-state index contributed by atoms with van der Waals surface area (Å²) < 4.78 is 45.2. The Morgan fingerprint density at radius 3 is 2.76 bits per heavy atom. The maximum atomic E-state index is 13.1. The van der Waals surface area contributed by atoms with Gasteiger partial charge < -0.3 is 15.0 Å². The number of rotatable bonds is 6. The third-order valence-corrected chi connectivity index (χ3v) is 6.90. The highest BCUT2D eigenvalue weighted by Crippen LogP contribution is 2.37. The van der Waals surface area contributed by atoms with E-state index in [9.17, 15) is 18.0 Å². The summed E-state index contributed by atoms with van der Waals surface area (Å²) in [6.45, 7) is 4.80. The van der Waals surface area contributed by atoms with Crippen LogP contribution in [0.15, 0.2) is 36.4 Å². The van der Waals surface area contributed by atoms with Gasteiger partial charge in [-0.15, -0.1) is 11.3 Å². The van der Waals surface area contributed by atoms with Gasteiger partial charge in [-0.3, -0.25) is 4.79 Å². The van der Waals surface area contributed by atoms with Crippen LogP contribution in [0, 0.1) is 6.92 Å². The summed E-state index contributed by atoms with van der Waals surface area (Å²) in [5.74, 6) is 1.13. The molecule has 0 spiro atoms. The number of benzene rings is 1. The first-order chi connectivity index (χ1) is 16.2. The van der Waals surface area contributed by atoms with Gasteiger partial charge in [0.05, 0.1) is 21.8 Å². The van der Waals surface area contributed by atoms with Crippen molar-refractivity contribution in [3.05, 3.63) is 58.2 Å². The Morgan fingerprint density at radius 2 is 2.09 bits per heavy atom. The Morgan fingerprint density at radius 1 is 1.29 bits per heavy atom. The van der Waals surface area contributed by atoms with Crippen LogP contribution in [0.1, 0.15) is 41.2 Å². The summed E-state index contributed by atoms with van der Waals surface area (Å²) in [6.07, 6.45) is -1.63. The highest BCUT2D eigenvalue weighted by molar-refractivity contribution is 7.20. The van der Waals surface area contributed by atoms with Gasteiger partial charge in [0.25, 0.3) is 0 Å². The number of methoxy groups -OCH3 is 1. The number of hydrogen-bond donors (Lipinski definition) is 1. The van der Waals surface area contributed by atoms with Crippen molar-refractivity contribution in [3.8, 4) is 0 Å². The van der Waals surface area contributed by atoms with E-state index in [0.29, 0.717) is 30.3 Å². The van der Waals surface area contributed by atoms with Crippen LogP contribution in [0.5, 0.6) is 0 Å². The van der Waals surface area contributed by atoms with E-state index in [0.717, 1.165) is 39.2 Å². The molecule has 1 unspecified atom stereocenters. The van der Waals surface area contributed by atoms with E-state index in [1.54, 1.807) is 17.9 Å². The SMILES string of the molecule is COCC(=O)N1CC=C(c2cc3nc(C)nc(NC(C)c4cccc(C(F)(F)F)c4)c3s2)CC1. The fourth-order valence-electron chi connectivity index (χ4n) is 3.91. The Bertz CT molecular complexity index is 1240. The van der Waals surface area contributed by atoms with Crippen LogP contribution >= 0.6 is 11.3 Å². The predicted octanol–water partition coefficient (Wildman–Crippen LogP) is 5.45. The molecular formula is C24H25F3N4O2S. The number of alkyl halides is 3. The van der Waals surface area contributed by atoms with E-state index in [2.05, 4.69) is 15.3 Å². The van der Waals surface area contributed by atoms with Crippen LogP contribution in [0.2, 0.25) is 0 Å². The van der Waals surface area contributed by atoms with E-state index in [1.165, 1.54) is 24.5 Å². The molecule has 0 fully saturated rings. The molecule has 3 aromatic rings. The molecule has 0 bridgehead atoms. The third kappa shape index (κ3) is 5.23. The molecule has 1 atom stereocenters. The minimum atomic E-state index is -4.39. The number of halogens is 3. The number of aryl methyl sites for hydroxylation is 1. The molecule has 0 radical (unpaired) electrons. The summed E-state index contributed by atoms with van der Waals surface area (Å²) in [5, 5.41) is 3.28. The number of anilines is 1. The lowest BCUT2D eigenvalue weighted by Crippen LogP contribution is -2.36. The summed E-state index contributed by atoms with van der Waals surface area (Å²) in [6, 6.07) is 6.92. The van der Waals surface area contributed by atoms with Gasteiger partial charge in [-0.2, -0.15) is 13.2 Å². The van der Waals surface area contributed by atoms with Gasteiger partial charge >= 0.3 is 6.18 Å². The van der Waals surface area contributed by atoms with Gasteiger partial charge in [0, 0.05) is 25.1 Å². The molecule has 4 rings (SSSR count). The van der Waals surface area contributed by atoms with Gasteiger partial charge in [0.1, 0.15) is 18.2 Å². The second kappa shape index (κ2) is 9.71. The van der Waals surface area contributed by atoms with E-state index in [-0.39, 0.29) is 18.6 Å². The molecule has 0 saturated heterocycles. The van der Waals surface area contributed by atoms with E-state index < -0.39 is 11.7 Å². The molecule has 10 heteroatoms. The van der Waals surface area contributed by atoms with Crippen molar-refractivity contribution in [2.24, 2.45) is 0 Å². The minimum Gasteiger partial charge on any atom is -0.375 e. The van der Waals surface area contributed by atoms with Crippen LogP contribution in [-0.4, -0.2) is 47.6 Å². The second-order valence-electron chi connectivity index (χ2n) is 8.19. The van der Waals surface area contributed by atoms with Gasteiger partial charge in [-0.1, -0.05) is 18.2 Å². The number of ether oxygens (including phenoxy) is 1. The van der Waals surface area contributed by atoms with Gasteiger partial charge in [0.15, 0.2) is 0 Å². The maximum Gasteiger partial charge on any atom is 0.416 e. The van der Waals surface area contributed by atoms with Crippen molar-refractivity contribution in [1.82, 2.24) is 14.9 Å². The zero-order chi connectivity index (χ0) is 24.5. The van der Waals surface area contributed by atoms with Crippen molar-refractivity contribution in [3.63, 3.8) is 0 Å². The molecule has 2 aromatic heterocycles. The van der Waals surface area contributed by atoms with Crippen LogP contribution in [0.3, 0.4) is 0 Å². The molecule has 1 amide bonds. The summed E-state index contributed by atoms with van der Waals surface area (Å²) in [4.78, 5) is 23.9. The van der Waals surface area contributed by atoms with E-state index in [4.69, 9.17) is 4.74 Å². The number of hydrogen-bond acceptors (Lipinski definition) is 6. The summed E-state index contributed by atoms with van der Waals surface area (Å²) in [7, 11) is 1.50. The lowest BCUT2D eigenvalue weighted by molar-refractivity contribution is -0.137. The molecule has 1 aromatic carbocycles. The molecule has 1 aliphatic rings. The van der Waals surface area contributed by atoms with Crippen molar-refractivity contribution in [1.29, 1.82) is 0 Å². The number of aromatic nitrogens is 2. The largest absolute Gasteiger partial charge is 0.416 e. The van der Waals surface area contributed by atoms with Gasteiger partial charge in [0.2, 0.25) is 5.91 Å². The third-order valence-electron chi connectivity index (χ3n) is 5.70.